The second-order valence-electron chi connectivity index (χ2n) is 12.2. The van der Waals surface area contributed by atoms with Crippen molar-refractivity contribution in [3.05, 3.63) is 11.1 Å². The van der Waals surface area contributed by atoms with Gasteiger partial charge in [0.2, 0.25) is 0 Å². The van der Waals surface area contributed by atoms with E-state index < -0.39 is 23.0 Å². The maximum absolute atomic E-state index is 13.2. The largest absolute Gasteiger partial charge is 0.334 e. The third kappa shape index (κ3) is 3.89. The number of rotatable bonds is 5. The number of fused-ring (bicyclic) bond motifs is 5. The highest BCUT2D eigenvalue weighted by molar-refractivity contribution is 7.81. The van der Waals surface area contributed by atoms with Gasteiger partial charge >= 0.3 is 5.97 Å². The van der Waals surface area contributed by atoms with E-state index in [2.05, 4.69) is 26.5 Å². The normalized spacial score (nSPS) is 39.0. The van der Waals surface area contributed by atoms with Crippen LogP contribution in [0.2, 0.25) is 0 Å². The molecule has 0 N–H and O–H groups in total. The maximum Gasteiger partial charge on any atom is 0.334 e. The third-order valence-corrected chi connectivity index (χ3v) is 11.0. The maximum atomic E-state index is 13.2. The molecule has 0 spiro atoms. The van der Waals surface area contributed by atoms with Crippen LogP contribution in [0.1, 0.15) is 91.4 Å². The molecule has 5 rings (SSSR count). The summed E-state index contributed by atoms with van der Waals surface area (Å²) in [6.07, 6.45) is 7.17. The number of hydrogen-bond donors (Lipinski definition) is 1. The van der Waals surface area contributed by atoms with Gasteiger partial charge in [-0.15, -0.1) is 5.06 Å². The first-order chi connectivity index (χ1) is 17.0. The van der Waals surface area contributed by atoms with Crippen LogP contribution in [0.15, 0.2) is 11.1 Å². The van der Waals surface area contributed by atoms with Gasteiger partial charge in [0.1, 0.15) is 5.78 Å². The molecule has 7 atom stereocenters. The van der Waals surface area contributed by atoms with Gasteiger partial charge in [0.15, 0.2) is 5.78 Å². The van der Waals surface area contributed by atoms with Crippen molar-refractivity contribution in [2.24, 2.45) is 34.5 Å². The molecule has 7 nitrogen and oxygen atoms in total. The van der Waals surface area contributed by atoms with Crippen molar-refractivity contribution in [3.8, 4) is 0 Å². The number of thiol groups is 1. The number of nitrogens with zero attached hydrogens (tertiary/aromatic N) is 1. The number of allylic oxidation sites excluding steroid dienone is 1. The number of carbonyl (C=O) groups excluding carboxylic acids is 5. The molecule has 196 valence electrons. The van der Waals surface area contributed by atoms with E-state index in [1.54, 1.807) is 6.92 Å². The van der Waals surface area contributed by atoms with Crippen molar-refractivity contribution < 1.29 is 28.8 Å². The monoisotopic (exact) mass is 515 g/mol. The molecule has 1 aliphatic heterocycles. The van der Waals surface area contributed by atoms with E-state index in [0.717, 1.165) is 50.5 Å². The Balaban J connectivity index is 1.37. The average molecular weight is 516 g/mol. The highest BCUT2D eigenvalue weighted by Crippen LogP contribution is 2.67. The third-order valence-electron chi connectivity index (χ3n) is 10.6. The Bertz CT molecular complexity index is 1050. The van der Waals surface area contributed by atoms with Crippen molar-refractivity contribution in [1.29, 1.82) is 0 Å². The van der Waals surface area contributed by atoms with Crippen LogP contribution in [0.5, 0.6) is 0 Å². The Labute approximate surface area is 218 Å². The van der Waals surface area contributed by atoms with Crippen molar-refractivity contribution >= 4 is 42.0 Å². The molecule has 1 unspecified atom stereocenters. The lowest BCUT2D eigenvalue weighted by atomic mass is 9.46. The minimum atomic E-state index is -0.727. The van der Waals surface area contributed by atoms with E-state index in [1.165, 1.54) is 0 Å². The van der Waals surface area contributed by atoms with E-state index >= 15 is 0 Å². The zero-order chi connectivity index (χ0) is 26.0. The first kappa shape index (κ1) is 25.7. The molecule has 36 heavy (non-hydrogen) atoms. The molecule has 4 fully saturated rings. The summed E-state index contributed by atoms with van der Waals surface area (Å²) in [5.41, 5.74) is 1.75. The molecule has 0 aromatic heterocycles. The van der Waals surface area contributed by atoms with Crippen LogP contribution < -0.4 is 0 Å². The van der Waals surface area contributed by atoms with Gasteiger partial charge in [-0.2, -0.15) is 12.6 Å². The minimum Gasteiger partial charge on any atom is -0.330 e. The fourth-order valence-electron chi connectivity index (χ4n) is 8.87. The number of amides is 2. The minimum absolute atomic E-state index is 0.0400. The van der Waals surface area contributed by atoms with Gasteiger partial charge < -0.3 is 4.84 Å². The van der Waals surface area contributed by atoms with E-state index in [1.807, 2.05) is 0 Å². The van der Waals surface area contributed by atoms with Crippen LogP contribution in [0.25, 0.3) is 0 Å². The highest BCUT2D eigenvalue weighted by Gasteiger charge is 2.60. The summed E-state index contributed by atoms with van der Waals surface area (Å²) in [6.45, 7) is 6.38. The standard InChI is InChI=1S/C28H37NO6S/c1-15(30)17-6-7-18-16-4-5-20-26(22(36)14-25(34)35-29-23(32)8-9-24(29)33)21(31)11-13-28(20,3)19(16)10-12-27(17,18)2/h16-19,22,36H,4-14H2,1-3H3/t16-,17+,18-,19-,22?,27+,28+/m0/s1. The van der Waals surface area contributed by atoms with Gasteiger partial charge in [-0.3, -0.25) is 19.2 Å². The van der Waals surface area contributed by atoms with Crippen LogP contribution in [-0.4, -0.2) is 39.7 Å². The van der Waals surface area contributed by atoms with Gasteiger partial charge in [-0.05, 0) is 80.5 Å². The SMILES string of the molecule is CC(=O)[C@H]1CC[C@H]2[C@@H]3CCC4=C(C(S)CC(=O)ON5C(=O)CCC5=O)C(=O)CC[C@]4(C)[C@H]3CC[C@]12C. The molecular formula is C28H37NO6S. The lowest BCUT2D eigenvalue weighted by Crippen LogP contribution is -2.52. The van der Waals surface area contributed by atoms with Gasteiger partial charge in [-0.25, -0.2) is 4.79 Å². The first-order valence-electron chi connectivity index (χ1n) is 13.5. The average Bonchev–Trinajstić information content (AvgIpc) is 3.33. The molecule has 0 bridgehead atoms. The Kier molecular flexibility index (Phi) is 6.49. The second-order valence-corrected chi connectivity index (χ2v) is 12.8. The van der Waals surface area contributed by atoms with Crippen molar-refractivity contribution in [1.82, 2.24) is 5.06 Å². The molecule has 0 radical (unpaired) electrons. The number of carbonyl (C=O) groups is 5. The number of Topliss-reactive ketones (excluding diaryl/α,β-unsaturated/α-hetero) is 2. The molecule has 8 heteroatoms. The molecule has 5 aliphatic rings. The van der Waals surface area contributed by atoms with Crippen molar-refractivity contribution in [3.63, 3.8) is 0 Å². The Morgan fingerprint density at radius 3 is 2.33 bits per heavy atom. The van der Waals surface area contributed by atoms with E-state index in [0.29, 0.717) is 40.6 Å². The predicted octanol–water partition coefficient (Wildman–Crippen LogP) is 4.39. The number of imide groups is 1. The fraction of sp³-hybridized carbons (Fsp3) is 0.750. The van der Waals surface area contributed by atoms with Gasteiger partial charge in [0.25, 0.3) is 11.8 Å². The summed E-state index contributed by atoms with van der Waals surface area (Å²) in [4.78, 5) is 66.8. The summed E-state index contributed by atoms with van der Waals surface area (Å²) < 4.78 is 0. The number of hydrogen-bond acceptors (Lipinski definition) is 7. The molecule has 1 heterocycles. The summed E-state index contributed by atoms with van der Waals surface area (Å²) in [7, 11) is 0. The zero-order valence-corrected chi connectivity index (χ0v) is 22.4. The summed E-state index contributed by atoms with van der Waals surface area (Å²) >= 11 is 4.69. The van der Waals surface area contributed by atoms with Crippen LogP contribution in [0, 0.1) is 34.5 Å². The molecule has 2 amide bonds. The van der Waals surface area contributed by atoms with Crippen LogP contribution in [0.4, 0.5) is 0 Å². The van der Waals surface area contributed by atoms with E-state index in [-0.39, 0.29) is 41.8 Å². The number of ketones is 2. The molecule has 3 saturated carbocycles. The van der Waals surface area contributed by atoms with Gasteiger partial charge in [-0.1, -0.05) is 19.4 Å². The predicted molar refractivity (Wildman–Crippen MR) is 134 cm³/mol. The van der Waals surface area contributed by atoms with Crippen molar-refractivity contribution in [2.75, 3.05) is 0 Å². The second kappa shape index (κ2) is 9.10. The first-order valence-corrected chi connectivity index (χ1v) is 14.0. The van der Waals surface area contributed by atoms with Crippen LogP contribution in [-0.2, 0) is 28.8 Å². The van der Waals surface area contributed by atoms with E-state index in [4.69, 9.17) is 4.84 Å². The lowest BCUT2D eigenvalue weighted by molar-refractivity contribution is -0.197. The zero-order valence-electron chi connectivity index (χ0n) is 21.5. The van der Waals surface area contributed by atoms with Gasteiger partial charge in [0.05, 0.1) is 6.42 Å². The smallest absolute Gasteiger partial charge is 0.330 e. The molecule has 0 aromatic carbocycles. The number of hydroxylamine groups is 2. The fourth-order valence-corrected chi connectivity index (χ4v) is 9.32. The Morgan fingerprint density at radius 1 is 0.972 bits per heavy atom. The summed E-state index contributed by atoms with van der Waals surface area (Å²) in [5.74, 6) is 0.320. The lowest BCUT2D eigenvalue weighted by Gasteiger charge is -2.58. The van der Waals surface area contributed by atoms with Crippen LogP contribution >= 0.6 is 12.6 Å². The molecule has 1 saturated heterocycles. The topological polar surface area (TPSA) is 97.8 Å². The highest BCUT2D eigenvalue weighted by atomic mass is 32.1. The molecule has 0 aromatic rings. The van der Waals surface area contributed by atoms with Crippen LogP contribution in [0.3, 0.4) is 0 Å². The Morgan fingerprint density at radius 2 is 1.67 bits per heavy atom. The molecular weight excluding hydrogens is 478 g/mol. The van der Waals surface area contributed by atoms with Crippen molar-refractivity contribution in [2.45, 2.75) is 96.7 Å². The Hall–Kier alpha value is -1.96. The molecule has 4 aliphatic carbocycles. The quantitative estimate of drug-likeness (QED) is 0.431. The summed E-state index contributed by atoms with van der Waals surface area (Å²) in [6, 6.07) is 0. The summed E-state index contributed by atoms with van der Waals surface area (Å²) in [5, 5.41) is -0.0838. The van der Waals surface area contributed by atoms with Gasteiger partial charge in [0, 0.05) is 36.0 Å². The van der Waals surface area contributed by atoms with E-state index in [9.17, 15) is 24.0 Å².